The average molecular weight is 273 g/mol. The summed E-state index contributed by atoms with van der Waals surface area (Å²) in [6.07, 6.45) is 1.63. The maximum atomic E-state index is 11.8. The van der Waals surface area contributed by atoms with Crippen LogP contribution >= 0.6 is 0 Å². The summed E-state index contributed by atoms with van der Waals surface area (Å²) in [5, 5.41) is 0. The van der Waals surface area contributed by atoms with Crippen LogP contribution in [0, 0.1) is 0 Å². The lowest BCUT2D eigenvalue weighted by atomic mass is 10.1. The second kappa shape index (κ2) is 6.53. The Morgan fingerprint density at radius 3 is 2.40 bits per heavy atom. The Kier molecular flexibility index (Phi) is 4.52. The molecular formula is C14H15N3O3. The van der Waals surface area contributed by atoms with E-state index in [1.165, 1.54) is 0 Å². The number of hydrogen-bond donors (Lipinski definition) is 3. The SMILES string of the molecule is COCc1ccc(C(=O)NNC(=O)c2ccc[nH]2)cc1. The third-order valence-electron chi connectivity index (χ3n) is 2.66. The minimum atomic E-state index is -0.403. The van der Waals surface area contributed by atoms with Gasteiger partial charge >= 0.3 is 0 Å². The molecule has 2 amide bonds. The average Bonchev–Trinajstić information content (AvgIpc) is 3.00. The summed E-state index contributed by atoms with van der Waals surface area (Å²) in [6.45, 7) is 0.492. The number of benzene rings is 1. The van der Waals surface area contributed by atoms with Crippen molar-refractivity contribution in [2.75, 3.05) is 7.11 Å². The lowest BCUT2D eigenvalue weighted by molar-refractivity contribution is 0.0844. The summed E-state index contributed by atoms with van der Waals surface area (Å²) in [7, 11) is 1.61. The van der Waals surface area contributed by atoms with Gasteiger partial charge in [0.05, 0.1) is 6.61 Å². The van der Waals surface area contributed by atoms with Gasteiger partial charge in [-0.3, -0.25) is 20.4 Å². The molecule has 0 unspecified atom stereocenters. The van der Waals surface area contributed by atoms with E-state index in [1.54, 1.807) is 49.7 Å². The van der Waals surface area contributed by atoms with Gasteiger partial charge in [-0.2, -0.15) is 0 Å². The molecule has 6 heteroatoms. The summed E-state index contributed by atoms with van der Waals surface area (Å²) in [4.78, 5) is 26.2. The highest BCUT2D eigenvalue weighted by Gasteiger charge is 2.09. The van der Waals surface area contributed by atoms with E-state index in [1.807, 2.05) is 0 Å². The number of hydrogen-bond acceptors (Lipinski definition) is 3. The summed E-state index contributed by atoms with van der Waals surface area (Å²) in [5.74, 6) is -0.784. The molecule has 3 N–H and O–H groups in total. The molecular weight excluding hydrogens is 258 g/mol. The molecule has 20 heavy (non-hydrogen) atoms. The standard InChI is InChI=1S/C14H15N3O3/c1-20-9-10-4-6-11(7-5-10)13(18)16-17-14(19)12-3-2-8-15-12/h2-8,15H,9H2,1H3,(H,16,18)(H,17,19). The van der Waals surface area contributed by atoms with Crippen molar-refractivity contribution in [2.45, 2.75) is 6.61 Å². The number of aromatic amines is 1. The van der Waals surface area contributed by atoms with Crippen molar-refractivity contribution in [1.29, 1.82) is 0 Å². The van der Waals surface area contributed by atoms with Crippen molar-refractivity contribution in [3.05, 3.63) is 59.4 Å². The fourth-order valence-electron chi connectivity index (χ4n) is 1.64. The monoisotopic (exact) mass is 273 g/mol. The fourth-order valence-corrected chi connectivity index (χ4v) is 1.64. The number of amides is 2. The van der Waals surface area contributed by atoms with Gasteiger partial charge < -0.3 is 9.72 Å². The van der Waals surface area contributed by atoms with Crippen LogP contribution in [0.15, 0.2) is 42.6 Å². The molecule has 0 saturated heterocycles. The van der Waals surface area contributed by atoms with E-state index in [0.29, 0.717) is 17.9 Å². The summed E-state index contributed by atoms with van der Waals surface area (Å²) in [6, 6.07) is 10.2. The predicted octanol–water partition coefficient (Wildman–Crippen LogP) is 1.24. The fraction of sp³-hybridized carbons (Fsp3) is 0.143. The molecule has 0 aliphatic heterocycles. The first kappa shape index (κ1) is 13.8. The number of H-pyrrole nitrogens is 1. The van der Waals surface area contributed by atoms with Gasteiger partial charge in [0.1, 0.15) is 5.69 Å². The molecule has 2 rings (SSSR count). The molecule has 0 fully saturated rings. The van der Waals surface area contributed by atoms with Crippen molar-refractivity contribution in [3.8, 4) is 0 Å². The van der Waals surface area contributed by atoms with E-state index in [0.717, 1.165) is 5.56 Å². The van der Waals surface area contributed by atoms with Gasteiger partial charge in [-0.15, -0.1) is 0 Å². The Labute approximate surface area is 116 Å². The molecule has 0 atom stereocenters. The molecule has 0 aliphatic rings. The van der Waals surface area contributed by atoms with Gasteiger partial charge in [-0.1, -0.05) is 12.1 Å². The Hall–Kier alpha value is -2.60. The summed E-state index contributed by atoms with van der Waals surface area (Å²) < 4.78 is 4.99. The Morgan fingerprint density at radius 2 is 1.80 bits per heavy atom. The second-order valence-corrected chi connectivity index (χ2v) is 4.12. The first-order valence-electron chi connectivity index (χ1n) is 6.02. The largest absolute Gasteiger partial charge is 0.380 e. The van der Waals surface area contributed by atoms with Crippen LogP contribution in [0.1, 0.15) is 26.4 Å². The van der Waals surface area contributed by atoms with E-state index < -0.39 is 5.91 Å². The quantitative estimate of drug-likeness (QED) is 0.733. The van der Waals surface area contributed by atoms with Crippen molar-refractivity contribution < 1.29 is 14.3 Å². The van der Waals surface area contributed by atoms with Crippen molar-refractivity contribution in [3.63, 3.8) is 0 Å². The van der Waals surface area contributed by atoms with E-state index in [-0.39, 0.29) is 5.91 Å². The molecule has 1 heterocycles. The van der Waals surface area contributed by atoms with E-state index in [4.69, 9.17) is 4.74 Å². The molecule has 1 aromatic carbocycles. The minimum Gasteiger partial charge on any atom is -0.380 e. The lowest BCUT2D eigenvalue weighted by Gasteiger charge is -2.07. The van der Waals surface area contributed by atoms with Crippen molar-refractivity contribution in [2.24, 2.45) is 0 Å². The number of aromatic nitrogens is 1. The van der Waals surface area contributed by atoms with Crippen LogP contribution in [-0.4, -0.2) is 23.9 Å². The number of rotatable bonds is 4. The highest BCUT2D eigenvalue weighted by Crippen LogP contribution is 2.05. The van der Waals surface area contributed by atoms with Gasteiger partial charge in [-0.25, -0.2) is 0 Å². The van der Waals surface area contributed by atoms with Crippen LogP contribution in [-0.2, 0) is 11.3 Å². The number of ether oxygens (including phenoxy) is 1. The Balaban J connectivity index is 1.90. The Morgan fingerprint density at radius 1 is 1.10 bits per heavy atom. The van der Waals surface area contributed by atoms with Crippen molar-refractivity contribution in [1.82, 2.24) is 15.8 Å². The zero-order chi connectivity index (χ0) is 14.4. The maximum Gasteiger partial charge on any atom is 0.286 e. The predicted molar refractivity (Wildman–Crippen MR) is 72.9 cm³/mol. The topological polar surface area (TPSA) is 83.2 Å². The maximum absolute atomic E-state index is 11.8. The number of methoxy groups -OCH3 is 1. The van der Waals surface area contributed by atoms with Gasteiger partial charge in [0.25, 0.3) is 11.8 Å². The molecule has 0 spiro atoms. The van der Waals surface area contributed by atoms with Crippen LogP contribution in [0.3, 0.4) is 0 Å². The molecule has 6 nitrogen and oxygen atoms in total. The smallest absolute Gasteiger partial charge is 0.286 e. The Bertz CT molecular complexity index is 576. The molecule has 0 saturated carbocycles. The highest BCUT2D eigenvalue weighted by atomic mass is 16.5. The first-order chi connectivity index (χ1) is 9.70. The van der Waals surface area contributed by atoms with Gasteiger partial charge in [0, 0.05) is 18.9 Å². The van der Waals surface area contributed by atoms with E-state index >= 15 is 0 Å². The molecule has 0 bridgehead atoms. The number of nitrogens with one attached hydrogen (secondary N) is 3. The number of hydrazine groups is 1. The van der Waals surface area contributed by atoms with Gasteiger partial charge in [-0.05, 0) is 29.8 Å². The van der Waals surface area contributed by atoms with Gasteiger partial charge in [0.15, 0.2) is 0 Å². The summed E-state index contributed by atoms with van der Waals surface area (Å²) in [5.41, 5.74) is 6.48. The number of carbonyl (C=O) groups is 2. The van der Waals surface area contributed by atoms with Crippen LogP contribution in [0.5, 0.6) is 0 Å². The first-order valence-corrected chi connectivity index (χ1v) is 6.02. The zero-order valence-corrected chi connectivity index (χ0v) is 11.0. The minimum absolute atomic E-state index is 0.376. The van der Waals surface area contributed by atoms with Crippen LogP contribution in [0.2, 0.25) is 0 Å². The van der Waals surface area contributed by atoms with Crippen molar-refractivity contribution >= 4 is 11.8 Å². The molecule has 0 aliphatic carbocycles. The van der Waals surface area contributed by atoms with E-state index in [2.05, 4.69) is 15.8 Å². The third-order valence-corrected chi connectivity index (χ3v) is 2.66. The molecule has 0 radical (unpaired) electrons. The third kappa shape index (κ3) is 3.46. The normalized spacial score (nSPS) is 10.1. The lowest BCUT2D eigenvalue weighted by Crippen LogP contribution is -2.41. The summed E-state index contributed by atoms with van der Waals surface area (Å²) >= 11 is 0. The molecule has 1 aromatic heterocycles. The molecule has 104 valence electrons. The molecule has 2 aromatic rings. The second-order valence-electron chi connectivity index (χ2n) is 4.12. The highest BCUT2D eigenvalue weighted by molar-refractivity contribution is 5.98. The van der Waals surface area contributed by atoms with Gasteiger partial charge in [0.2, 0.25) is 0 Å². The van der Waals surface area contributed by atoms with E-state index in [9.17, 15) is 9.59 Å². The number of carbonyl (C=O) groups excluding carboxylic acids is 2. The van der Waals surface area contributed by atoms with Crippen LogP contribution in [0.25, 0.3) is 0 Å². The van der Waals surface area contributed by atoms with Crippen LogP contribution < -0.4 is 10.9 Å². The van der Waals surface area contributed by atoms with Crippen LogP contribution in [0.4, 0.5) is 0 Å². The zero-order valence-electron chi connectivity index (χ0n) is 11.0.